The lowest BCUT2D eigenvalue weighted by Gasteiger charge is -2.25. The fourth-order valence-corrected chi connectivity index (χ4v) is 2.76. The molecule has 19 heavy (non-hydrogen) atoms. The molecule has 1 aromatic carbocycles. The van der Waals surface area contributed by atoms with E-state index in [0.717, 1.165) is 23.4 Å². The van der Waals surface area contributed by atoms with Crippen molar-refractivity contribution in [2.75, 3.05) is 11.9 Å². The highest BCUT2D eigenvalue weighted by Gasteiger charge is 2.17. The van der Waals surface area contributed by atoms with Gasteiger partial charge in [0, 0.05) is 17.8 Å². The van der Waals surface area contributed by atoms with Gasteiger partial charge in [-0.25, -0.2) is 0 Å². The molecule has 3 N–H and O–H groups in total. The second-order valence-electron chi connectivity index (χ2n) is 5.93. The number of nitrogens with two attached hydrogens (primary N) is 1. The first-order chi connectivity index (χ1) is 8.82. The summed E-state index contributed by atoms with van der Waals surface area (Å²) in [5.41, 5.74) is 8.91. The lowest BCUT2D eigenvalue weighted by atomic mass is 9.85. The Bertz CT molecular complexity index is 430. The normalized spacial score (nSPS) is 11.4. The van der Waals surface area contributed by atoms with E-state index in [1.165, 1.54) is 0 Å². The first-order valence-electron chi connectivity index (χ1n) is 6.97. The van der Waals surface area contributed by atoms with Gasteiger partial charge in [0.05, 0.1) is 0 Å². The zero-order valence-electron chi connectivity index (χ0n) is 12.7. The highest BCUT2D eigenvalue weighted by Crippen LogP contribution is 2.22. The van der Waals surface area contributed by atoms with Gasteiger partial charge in [-0.1, -0.05) is 39.9 Å². The van der Waals surface area contributed by atoms with Crippen molar-refractivity contribution in [2.45, 2.75) is 34.6 Å². The number of benzene rings is 1. The van der Waals surface area contributed by atoms with Crippen LogP contribution in [0.4, 0.5) is 5.69 Å². The molecule has 0 aromatic heterocycles. The molecule has 2 nitrogen and oxygen atoms in total. The molecule has 0 radical (unpaired) electrons. The van der Waals surface area contributed by atoms with Crippen molar-refractivity contribution >= 4 is 22.9 Å². The van der Waals surface area contributed by atoms with Crippen LogP contribution >= 0.6 is 12.2 Å². The predicted molar refractivity (Wildman–Crippen MR) is 88.7 cm³/mol. The third kappa shape index (κ3) is 4.50. The quantitative estimate of drug-likeness (QED) is 0.773. The molecule has 0 aliphatic heterocycles. The van der Waals surface area contributed by atoms with E-state index in [0.29, 0.717) is 22.7 Å². The fourth-order valence-electron chi connectivity index (χ4n) is 2.53. The minimum atomic E-state index is 0.464. The largest absolute Gasteiger partial charge is 0.389 e. The van der Waals surface area contributed by atoms with E-state index in [1.807, 2.05) is 13.0 Å². The number of hydrogen-bond acceptors (Lipinski definition) is 2. The molecule has 3 heteroatoms. The molecule has 0 aliphatic rings. The Hall–Kier alpha value is -1.09. The maximum Gasteiger partial charge on any atom is 0.104 e. The Balaban J connectivity index is 2.73. The number of hydrogen-bond donors (Lipinski definition) is 2. The first-order valence-corrected chi connectivity index (χ1v) is 7.38. The smallest absolute Gasteiger partial charge is 0.104 e. The minimum Gasteiger partial charge on any atom is -0.389 e. The summed E-state index contributed by atoms with van der Waals surface area (Å²) in [6.07, 6.45) is 0. The molecular formula is C16H26N2S. The van der Waals surface area contributed by atoms with Crippen molar-refractivity contribution in [3.63, 3.8) is 0 Å². The zero-order valence-corrected chi connectivity index (χ0v) is 13.5. The summed E-state index contributed by atoms with van der Waals surface area (Å²) in [5.74, 6) is 2.05. The second kappa shape index (κ2) is 6.90. The van der Waals surface area contributed by atoms with E-state index in [9.17, 15) is 0 Å². The van der Waals surface area contributed by atoms with Crippen LogP contribution in [0.15, 0.2) is 18.2 Å². The molecule has 1 aromatic rings. The van der Waals surface area contributed by atoms with Crippen LogP contribution in [0.3, 0.4) is 0 Å². The van der Waals surface area contributed by atoms with Crippen molar-refractivity contribution in [3.05, 3.63) is 29.3 Å². The average Bonchev–Trinajstić information content (AvgIpc) is 2.27. The highest BCUT2D eigenvalue weighted by molar-refractivity contribution is 7.80. The Morgan fingerprint density at radius 2 is 1.79 bits per heavy atom. The molecule has 0 saturated heterocycles. The van der Waals surface area contributed by atoms with E-state index in [-0.39, 0.29) is 0 Å². The van der Waals surface area contributed by atoms with Gasteiger partial charge in [-0.15, -0.1) is 0 Å². The third-order valence-corrected chi connectivity index (χ3v) is 3.97. The van der Waals surface area contributed by atoms with Crippen LogP contribution in [0.2, 0.25) is 0 Å². The summed E-state index contributed by atoms with van der Waals surface area (Å²) >= 11 is 5.02. The van der Waals surface area contributed by atoms with Crippen LogP contribution in [0.5, 0.6) is 0 Å². The molecule has 0 aliphatic carbocycles. The van der Waals surface area contributed by atoms with Gasteiger partial charge in [-0.3, -0.25) is 0 Å². The van der Waals surface area contributed by atoms with Gasteiger partial charge in [-0.2, -0.15) is 0 Å². The molecule has 0 unspecified atom stereocenters. The van der Waals surface area contributed by atoms with Crippen LogP contribution in [0.1, 0.15) is 38.8 Å². The minimum absolute atomic E-state index is 0.464. The van der Waals surface area contributed by atoms with Crippen molar-refractivity contribution in [1.29, 1.82) is 0 Å². The van der Waals surface area contributed by atoms with Crippen molar-refractivity contribution in [3.8, 4) is 0 Å². The Morgan fingerprint density at radius 3 is 2.21 bits per heavy atom. The van der Waals surface area contributed by atoms with Gasteiger partial charge in [0.25, 0.3) is 0 Å². The molecule has 106 valence electrons. The van der Waals surface area contributed by atoms with Crippen molar-refractivity contribution in [2.24, 2.45) is 23.5 Å². The fraction of sp³-hybridized carbons (Fsp3) is 0.562. The molecule has 0 heterocycles. The molecule has 0 spiro atoms. The molecule has 0 atom stereocenters. The van der Waals surface area contributed by atoms with Gasteiger partial charge in [0.2, 0.25) is 0 Å². The third-order valence-electron chi connectivity index (χ3n) is 3.75. The monoisotopic (exact) mass is 278 g/mol. The topological polar surface area (TPSA) is 38.0 Å². The van der Waals surface area contributed by atoms with Gasteiger partial charge in [0.15, 0.2) is 0 Å². The van der Waals surface area contributed by atoms with E-state index < -0.39 is 0 Å². The highest BCUT2D eigenvalue weighted by atomic mass is 32.1. The van der Waals surface area contributed by atoms with Crippen molar-refractivity contribution in [1.82, 2.24) is 0 Å². The van der Waals surface area contributed by atoms with Crippen molar-refractivity contribution < 1.29 is 0 Å². The maximum absolute atomic E-state index is 5.68. The molecule has 0 fully saturated rings. The molecule has 0 saturated carbocycles. The molecule has 0 bridgehead atoms. The molecule has 1 rings (SSSR count). The SMILES string of the molecule is Cc1cc(NCC(C(C)C)C(C)C)ccc1C(N)=S. The van der Waals surface area contributed by atoms with Crippen LogP contribution in [-0.4, -0.2) is 11.5 Å². The van der Waals surface area contributed by atoms with E-state index in [4.69, 9.17) is 18.0 Å². The second-order valence-corrected chi connectivity index (χ2v) is 6.37. The summed E-state index contributed by atoms with van der Waals surface area (Å²) in [6, 6.07) is 6.17. The Morgan fingerprint density at radius 1 is 1.21 bits per heavy atom. The van der Waals surface area contributed by atoms with Crippen LogP contribution in [0, 0.1) is 24.7 Å². The van der Waals surface area contributed by atoms with Crippen LogP contribution < -0.4 is 11.1 Å². The number of aryl methyl sites for hydroxylation is 1. The Labute approximate surface area is 122 Å². The van der Waals surface area contributed by atoms with Gasteiger partial charge < -0.3 is 11.1 Å². The summed E-state index contributed by atoms with van der Waals surface area (Å²) in [5, 5.41) is 3.53. The standard InChI is InChI=1S/C16H26N2S/c1-10(2)15(11(3)4)9-18-13-6-7-14(16(17)19)12(5)8-13/h6-8,10-11,15,18H,9H2,1-5H3,(H2,17,19). The maximum atomic E-state index is 5.68. The summed E-state index contributed by atoms with van der Waals surface area (Å²) < 4.78 is 0. The van der Waals surface area contributed by atoms with Gasteiger partial charge in [-0.05, 0) is 48.4 Å². The number of nitrogens with one attached hydrogen (secondary N) is 1. The van der Waals surface area contributed by atoms with Gasteiger partial charge >= 0.3 is 0 Å². The lowest BCUT2D eigenvalue weighted by Crippen LogP contribution is -2.24. The zero-order chi connectivity index (χ0) is 14.6. The summed E-state index contributed by atoms with van der Waals surface area (Å²) in [6.45, 7) is 12.2. The number of rotatable bonds is 6. The van der Waals surface area contributed by atoms with E-state index in [2.05, 4.69) is 45.1 Å². The predicted octanol–water partition coefficient (Wildman–Crippen LogP) is 3.97. The first kappa shape index (κ1) is 16.0. The summed E-state index contributed by atoms with van der Waals surface area (Å²) in [4.78, 5) is 0.464. The van der Waals surface area contributed by atoms with Crippen LogP contribution in [0.25, 0.3) is 0 Å². The van der Waals surface area contributed by atoms with Crippen LogP contribution in [-0.2, 0) is 0 Å². The average molecular weight is 278 g/mol. The van der Waals surface area contributed by atoms with E-state index in [1.54, 1.807) is 0 Å². The molecular weight excluding hydrogens is 252 g/mol. The number of thiocarbonyl (C=S) groups is 1. The molecule has 0 amide bonds. The summed E-state index contributed by atoms with van der Waals surface area (Å²) in [7, 11) is 0. The van der Waals surface area contributed by atoms with E-state index >= 15 is 0 Å². The Kier molecular flexibility index (Phi) is 5.80. The lowest BCUT2D eigenvalue weighted by molar-refractivity contribution is 0.304. The van der Waals surface area contributed by atoms with Gasteiger partial charge in [0.1, 0.15) is 4.99 Å². The number of anilines is 1.